The van der Waals surface area contributed by atoms with Crippen molar-refractivity contribution >= 4 is 19.9 Å². The fourth-order valence-electron chi connectivity index (χ4n) is 1.62. The molecule has 0 aliphatic carbocycles. The van der Waals surface area contributed by atoms with Crippen LogP contribution in [0.1, 0.15) is 33.3 Å². The highest BCUT2D eigenvalue weighted by atomic mass is 28.4. The second kappa shape index (κ2) is 6.96. The molecular weight excluding hydrogens is 292 g/mol. The lowest BCUT2D eigenvalue weighted by Gasteiger charge is -2.36. The minimum atomic E-state index is -1.85. The van der Waals surface area contributed by atoms with Crippen LogP contribution < -0.4 is 4.43 Å². The molecular formula is C18H26O3Si. The highest BCUT2D eigenvalue weighted by Crippen LogP contribution is 2.37. The Morgan fingerprint density at radius 1 is 1.27 bits per heavy atom. The lowest BCUT2D eigenvalue weighted by Crippen LogP contribution is -2.43. The normalized spacial score (nSPS) is 13.5. The van der Waals surface area contributed by atoms with Crippen molar-refractivity contribution in [1.82, 2.24) is 0 Å². The summed E-state index contributed by atoms with van der Waals surface area (Å²) in [5.41, 5.74) is 2.03. The average molecular weight is 318 g/mol. The van der Waals surface area contributed by atoms with E-state index in [2.05, 4.69) is 33.9 Å². The van der Waals surface area contributed by atoms with Crippen LogP contribution in [0.15, 0.2) is 42.5 Å². The number of hydrogen-bond acceptors (Lipinski definition) is 2. The molecule has 1 aromatic carbocycles. The molecule has 0 fully saturated rings. The summed E-state index contributed by atoms with van der Waals surface area (Å²) in [5, 5.41) is 8.76. The van der Waals surface area contributed by atoms with E-state index in [4.69, 9.17) is 9.53 Å². The largest absolute Gasteiger partial charge is 0.543 e. The molecule has 22 heavy (non-hydrogen) atoms. The lowest BCUT2D eigenvalue weighted by molar-refractivity contribution is -0.131. The molecule has 0 aliphatic rings. The maximum absolute atomic E-state index is 10.5. The van der Waals surface area contributed by atoms with Crippen molar-refractivity contribution < 1.29 is 14.3 Å². The van der Waals surface area contributed by atoms with Crippen LogP contribution in [0.5, 0.6) is 5.75 Å². The highest BCUT2D eigenvalue weighted by molar-refractivity contribution is 6.74. The van der Waals surface area contributed by atoms with Crippen LogP contribution in [0.2, 0.25) is 18.1 Å². The van der Waals surface area contributed by atoms with Crippen molar-refractivity contribution in [3.63, 3.8) is 0 Å². The number of rotatable bonds is 5. The van der Waals surface area contributed by atoms with E-state index in [1.165, 1.54) is 0 Å². The topological polar surface area (TPSA) is 46.5 Å². The predicted molar refractivity (Wildman–Crippen MR) is 94.7 cm³/mol. The van der Waals surface area contributed by atoms with E-state index in [1.54, 1.807) is 12.2 Å². The van der Waals surface area contributed by atoms with Crippen LogP contribution in [0.4, 0.5) is 0 Å². The first kappa shape index (κ1) is 18.2. The Balaban J connectivity index is 2.98. The number of carbonyl (C=O) groups is 1. The van der Waals surface area contributed by atoms with E-state index in [9.17, 15) is 4.79 Å². The molecule has 0 aromatic heterocycles. The van der Waals surface area contributed by atoms with Gasteiger partial charge in [0.25, 0.3) is 0 Å². The van der Waals surface area contributed by atoms with Gasteiger partial charge in [0.1, 0.15) is 5.75 Å². The summed E-state index contributed by atoms with van der Waals surface area (Å²) in [4.78, 5) is 10.5. The molecule has 0 saturated carbocycles. The fourth-order valence-corrected chi connectivity index (χ4v) is 2.65. The second-order valence-corrected chi connectivity index (χ2v) is 11.7. The first-order valence-electron chi connectivity index (χ1n) is 7.40. The van der Waals surface area contributed by atoms with Crippen molar-refractivity contribution in [3.05, 3.63) is 48.1 Å². The first-order valence-corrected chi connectivity index (χ1v) is 10.3. The molecule has 4 heteroatoms. The molecule has 1 N–H and O–H groups in total. The van der Waals surface area contributed by atoms with Crippen LogP contribution in [0.3, 0.4) is 0 Å². The van der Waals surface area contributed by atoms with Crippen molar-refractivity contribution in [2.75, 3.05) is 0 Å². The number of aliphatic carboxylic acids is 1. The van der Waals surface area contributed by atoms with Gasteiger partial charge in [-0.1, -0.05) is 45.1 Å². The molecule has 0 heterocycles. The van der Waals surface area contributed by atoms with Crippen LogP contribution >= 0.6 is 0 Å². The second-order valence-electron chi connectivity index (χ2n) is 6.94. The summed E-state index contributed by atoms with van der Waals surface area (Å²) in [5.74, 6) is -0.0712. The van der Waals surface area contributed by atoms with Crippen molar-refractivity contribution in [1.29, 1.82) is 0 Å². The van der Waals surface area contributed by atoms with E-state index >= 15 is 0 Å². The Morgan fingerprint density at radius 3 is 2.45 bits per heavy atom. The Hall–Kier alpha value is -1.81. The van der Waals surface area contributed by atoms with Gasteiger partial charge in [-0.05, 0) is 48.3 Å². The van der Waals surface area contributed by atoms with E-state index in [0.717, 1.165) is 23.0 Å². The summed E-state index contributed by atoms with van der Waals surface area (Å²) < 4.78 is 6.30. The van der Waals surface area contributed by atoms with Gasteiger partial charge in [-0.15, -0.1) is 0 Å². The van der Waals surface area contributed by atoms with E-state index < -0.39 is 14.3 Å². The fraction of sp³-hybridized carbons (Fsp3) is 0.389. The molecule has 0 saturated heterocycles. The van der Waals surface area contributed by atoms with Crippen molar-refractivity contribution in [3.8, 4) is 5.75 Å². The van der Waals surface area contributed by atoms with Gasteiger partial charge in [0, 0.05) is 6.08 Å². The Bertz CT molecular complexity index is 593. The number of carboxylic acid groups (broad SMARTS) is 1. The van der Waals surface area contributed by atoms with E-state index in [0.29, 0.717) is 0 Å². The van der Waals surface area contributed by atoms with E-state index in [-0.39, 0.29) is 5.04 Å². The molecule has 120 valence electrons. The van der Waals surface area contributed by atoms with Gasteiger partial charge < -0.3 is 9.53 Å². The third kappa shape index (κ3) is 5.19. The Morgan fingerprint density at radius 2 is 1.91 bits per heavy atom. The SMILES string of the molecule is C/C(=C/C=C/C(=O)O)c1cccc(O[Si](C)(C)C(C)(C)C)c1. The average Bonchev–Trinajstić information content (AvgIpc) is 2.36. The lowest BCUT2D eigenvalue weighted by atomic mass is 10.1. The Labute approximate surface area is 134 Å². The van der Waals surface area contributed by atoms with Gasteiger partial charge in [0.2, 0.25) is 8.32 Å². The van der Waals surface area contributed by atoms with E-state index in [1.807, 2.05) is 31.2 Å². The predicted octanol–water partition coefficient (Wildman–Crippen LogP) is 5.11. The molecule has 0 spiro atoms. The first-order chi connectivity index (χ1) is 10.0. The standard InChI is InChI=1S/C18H26O3Si/c1-14(9-7-12-17(19)20)15-10-8-11-16(13-15)21-22(5,6)18(2,3)4/h7-13H,1-6H3,(H,19,20)/b12-7+,14-9-. The quantitative estimate of drug-likeness (QED) is 0.466. The van der Waals surface area contributed by atoms with Gasteiger partial charge in [-0.25, -0.2) is 4.79 Å². The minimum Gasteiger partial charge on any atom is -0.543 e. The molecule has 3 nitrogen and oxygen atoms in total. The third-order valence-corrected chi connectivity index (χ3v) is 8.41. The molecule has 0 unspecified atom stereocenters. The molecule has 0 bridgehead atoms. The zero-order chi connectivity index (χ0) is 17.0. The van der Waals surface area contributed by atoms with Gasteiger partial charge >= 0.3 is 5.97 Å². The summed E-state index contributed by atoms with van der Waals surface area (Å²) in [6.07, 6.45) is 4.46. The number of carboxylic acids is 1. The maximum Gasteiger partial charge on any atom is 0.328 e. The number of benzene rings is 1. The summed E-state index contributed by atoms with van der Waals surface area (Å²) in [6, 6.07) is 7.96. The van der Waals surface area contributed by atoms with Gasteiger partial charge in [0.15, 0.2) is 0 Å². The summed E-state index contributed by atoms with van der Waals surface area (Å²) in [7, 11) is -1.85. The number of hydrogen-bond donors (Lipinski definition) is 1. The van der Waals surface area contributed by atoms with Gasteiger partial charge in [-0.3, -0.25) is 0 Å². The monoisotopic (exact) mass is 318 g/mol. The highest BCUT2D eigenvalue weighted by Gasteiger charge is 2.38. The van der Waals surface area contributed by atoms with Crippen LogP contribution in [-0.4, -0.2) is 19.4 Å². The smallest absolute Gasteiger partial charge is 0.328 e. The van der Waals surface area contributed by atoms with Gasteiger partial charge in [0.05, 0.1) is 0 Å². The van der Waals surface area contributed by atoms with Crippen LogP contribution in [-0.2, 0) is 4.79 Å². The number of allylic oxidation sites excluding steroid dienone is 3. The molecule has 0 amide bonds. The third-order valence-electron chi connectivity index (χ3n) is 4.05. The minimum absolute atomic E-state index is 0.151. The molecule has 0 atom stereocenters. The van der Waals surface area contributed by atoms with Crippen molar-refractivity contribution in [2.45, 2.75) is 45.8 Å². The summed E-state index contributed by atoms with van der Waals surface area (Å²) >= 11 is 0. The molecule has 1 rings (SSSR count). The molecule has 0 radical (unpaired) electrons. The maximum atomic E-state index is 10.5. The molecule has 0 aliphatic heterocycles. The molecule has 1 aromatic rings. The zero-order valence-electron chi connectivity index (χ0n) is 14.3. The van der Waals surface area contributed by atoms with Crippen LogP contribution in [0.25, 0.3) is 5.57 Å². The zero-order valence-corrected chi connectivity index (χ0v) is 15.3. The van der Waals surface area contributed by atoms with Crippen molar-refractivity contribution in [2.24, 2.45) is 0 Å². The summed E-state index contributed by atoms with van der Waals surface area (Å²) in [6.45, 7) is 13.0. The van der Waals surface area contributed by atoms with Gasteiger partial charge in [-0.2, -0.15) is 0 Å². The van der Waals surface area contributed by atoms with Crippen LogP contribution in [0, 0.1) is 0 Å². The Kier molecular flexibility index (Phi) is 5.77.